The normalized spacial score (nSPS) is 21.8. The smallest absolute Gasteiger partial charge is 0.356 e. The summed E-state index contributed by atoms with van der Waals surface area (Å²) in [6.07, 6.45) is 5.03. The molecule has 0 spiro atoms. The van der Waals surface area contributed by atoms with E-state index in [1.807, 2.05) is 6.92 Å². The molecule has 0 saturated heterocycles. The van der Waals surface area contributed by atoms with Crippen molar-refractivity contribution in [2.75, 3.05) is 6.61 Å². The average molecular weight is 286 g/mol. The molecule has 0 aliphatic heterocycles. The number of carbonyl (C=O) groups is 1. The van der Waals surface area contributed by atoms with E-state index in [9.17, 15) is 9.90 Å². The molecule has 2 aromatic rings. The van der Waals surface area contributed by atoms with Gasteiger partial charge in [-0.05, 0) is 25.7 Å². The van der Waals surface area contributed by atoms with Crippen molar-refractivity contribution in [2.24, 2.45) is 5.92 Å². The van der Waals surface area contributed by atoms with Crippen molar-refractivity contribution in [3.8, 4) is 11.7 Å². The lowest BCUT2D eigenvalue weighted by Gasteiger charge is -2.06. The van der Waals surface area contributed by atoms with Crippen molar-refractivity contribution in [2.45, 2.75) is 25.7 Å². The molecule has 2 aliphatic carbocycles. The predicted molar refractivity (Wildman–Crippen MR) is 71.8 cm³/mol. The van der Waals surface area contributed by atoms with Gasteiger partial charge in [-0.1, -0.05) is 0 Å². The standard InChI is InChI=1S/C14H14N4O3/c1-2-21-11-6-15-10(5-16-11)18-13-8-3-7(8)4-9(13)12(17-18)14(19)20/h5-8H,2-4H2,1H3,(H,19,20)/t7-,8-/m1/s1. The first-order chi connectivity index (χ1) is 10.2. The van der Waals surface area contributed by atoms with Gasteiger partial charge in [0.25, 0.3) is 0 Å². The fourth-order valence-corrected chi connectivity index (χ4v) is 3.10. The zero-order valence-electron chi connectivity index (χ0n) is 11.5. The minimum atomic E-state index is -0.981. The lowest BCUT2D eigenvalue weighted by molar-refractivity contribution is 0.0688. The van der Waals surface area contributed by atoms with Gasteiger partial charge in [0.05, 0.1) is 24.7 Å². The van der Waals surface area contributed by atoms with E-state index < -0.39 is 5.97 Å². The van der Waals surface area contributed by atoms with Gasteiger partial charge in [0, 0.05) is 11.5 Å². The average Bonchev–Trinajstić information content (AvgIpc) is 2.97. The van der Waals surface area contributed by atoms with Gasteiger partial charge in [-0.15, -0.1) is 0 Å². The molecular weight excluding hydrogens is 272 g/mol. The highest BCUT2D eigenvalue weighted by atomic mass is 16.5. The topological polar surface area (TPSA) is 90.1 Å². The number of aromatic carboxylic acids is 1. The molecule has 1 N–H and O–H groups in total. The molecule has 0 unspecified atom stereocenters. The van der Waals surface area contributed by atoms with Crippen molar-refractivity contribution in [1.29, 1.82) is 0 Å². The van der Waals surface area contributed by atoms with Crippen LogP contribution in [0.25, 0.3) is 5.82 Å². The van der Waals surface area contributed by atoms with Crippen LogP contribution in [0.5, 0.6) is 5.88 Å². The monoisotopic (exact) mass is 286 g/mol. The van der Waals surface area contributed by atoms with Gasteiger partial charge in [0.1, 0.15) is 0 Å². The lowest BCUT2D eigenvalue weighted by Crippen LogP contribution is -2.07. The minimum Gasteiger partial charge on any atom is -0.477 e. The summed E-state index contributed by atoms with van der Waals surface area (Å²) in [5.41, 5.74) is 2.00. The molecule has 2 heterocycles. The van der Waals surface area contributed by atoms with Crippen LogP contribution in [0.3, 0.4) is 0 Å². The maximum atomic E-state index is 11.3. The molecule has 7 nitrogen and oxygen atoms in total. The summed E-state index contributed by atoms with van der Waals surface area (Å²) >= 11 is 0. The maximum Gasteiger partial charge on any atom is 0.356 e. The van der Waals surface area contributed by atoms with Crippen LogP contribution < -0.4 is 4.74 Å². The van der Waals surface area contributed by atoms with Gasteiger partial charge >= 0.3 is 5.97 Å². The van der Waals surface area contributed by atoms with E-state index in [-0.39, 0.29) is 5.69 Å². The number of rotatable bonds is 4. The Hall–Kier alpha value is -2.44. The molecule has 0 bridgehead atoms. The van der Waals surface area contributed by atoms with Gasteiger partial charge in [-0.2, -0.15) is 5.10 Å². The van der Waals surface area contributed by atoms with E-state index >= 15 is 0 Å². The van der Waals surface area contributed by atoms with Crippen LogP contribution in [0.2, 0.25) is 0 Å². The summed E-state index contributed by atoms with van der Waals surface area (Å²) in [6.45, 7) is 2.40. The number of nitrogens with zero attached hydrogens (tertiary/aromatic N) is 4. The Kier molecular flexibility index (Phi) is 2.51. The first-order valence-electron chi connectivity index (χ1n) is 6.99. The molecule has 21 heavy (non-hydrogen) atoms. The maximum absolute atomic E-state index is 11.3. The Morgan fingerprint density at radius 3 is 3.00 bits per heavy atom. The number of hydrogen-bond acceptors (Lipinski definition) is 5. The van der Waals surface area contributed by atoms with E-state index in [0.717, 1.165) is 24.1 Å². The third kappa shape index (κ3) is 1.80. The molecule has 1 saturated carbocycles. The number of hydrogen-bond donors (Lipinski definition) is 1. The molecule has 4 rings (SSSR count). The molecule has 7 heteroatoms. The lowest BCUT2D eigenvalue weighted by atomic mass is 10.1. The van der Waals surface area contributed by atoms with Crippen LogP contribution in [-0.2, 0) is 6.42 Å². The highest BCUT2D eigenvalue weighted by Gasteiger charge is 2.50. The third-order valence-corrected chi connectivity index (χ3v) is 4.09. The summed E-state index contributed by atoms with van der Waals surface area (Å²) in [4.78, 5) is 19.8. The zero-order valence-corrected chi connectivity index (χ0v) is 11.5. The molecule has 2 atom stereocenters. The molecule has 0 aromatic carbocycles. The van der Waals surface area contributed by atoms with Crippen molar-refractivity contribution >= 4 is 5.97 Å². The van der Waals surface area contributed by atoms with E-state index in [1.165, 1.54) is 6.20 Å². The number of carboxylic acid groups (broad SMARTS) is 1. The van der Waals surface area contributed by atoms with E-state index in [1.54, 1.807) is 10.9 Å². The van der Waals surface area contributed by atoms with Crippen molar-refractivity contribution in [3.05, 3.63) is 29.3 Å². The van der Waals surface area contributed by atoms with Crippen molar-refractivity contribution < 1.29 is 14.6 Å². The Balaban J connectivity index is 1.78. The fraction of sp³-hybridized carbons (Fsp3) is 0.429. The van der Waals surface area contributed by atoms with Crippen LogP contribution in [0.1, 0.15) is 41.0 Å². The number of fused-ring (bicyclic) bond motifs is 3. The minimum absolute atomic E-state index is 0.146. The van der Waals surface area contributed by atoms with Crippen LogP contribution in [-0.4, -0.2) is 37.4 Å². The summed E-state index contributed by atoms with van der Waals surface area (Å²) in [6, 6.07) is 0. The molecule has 108 valence electrons. The fourth-order valence-electron chi connectivity index (χ4n) is 3.10. The van der Waals surface area contributed by atoms with Crippen LogP contribution in [0.15, 0.2) is 12.4 Å². The third-order valence-electron chi connectivity index (χ3n) is 4.09. The molecular formula is C14H14N4O3. The Morgan fingerprint density at radius 1 is 1.48 bits per heavy atom. The van der Waals surface area contributed by atoms with Crippen molar-refractivity contribution in [1.82, 2.24) is 19.7 Å². The van der Waals surface area contributed by atoms with Gasteiger partial charge in [0.15, 0.2) is 11.5 Å². The zero-order chi connectivity index (χ0) is 14.6. The molecule has 2 aromatic heterocycles. The van der Waals surface area contributed by atoms with Gasteiger partial charge in [-0.25, -0.2) is 19.4 Å². The van der Waals surface area contributed by atoms with Gasteiger partial charge in [0.2, 0.25) is 5.88 Å². The predicted octanol–water partition coefficient (Wildman–Crippen LogP) is 1.42. The Bertz CT molecular complexity index is 723. The summed E-state index contributed by atoms with van der Waals surface area (Å²) in [7, 11) is 0. The summed E-state index contributed by atoms with van der Waals surface area (Å²) < 4.78 is 6.90. The number of aromatic nitrogens is 4. The second-order valence-electron chi connectivity index (χ2n) is 5.38. The Morgan fingerprint density at radius 2 is 2.33 bits per heavy atom. The largest absolute Gasteiger partial charge is 0.477 e. The first-order valence-corrected chi connectivity index (χ1v) is 6.99. The number of ether oxygens (including phenoxy) is 1. The summed E-state index contributed by atoms with van der Waals surface area (Å²) in [5, 5.41) is 13.5. The second-order valence-corrected chi connectivity index (χ2v) is 5.38. The molecule has 0 radical (unpaired) electrons. The van der Waals surface area contributed by atoms with E-state index in [4.69, 9.17) is 4.74 Å². The van der Waals surface area contributed by atoms with Gasteiger partial charge in [-0.3, -0.25) is 0 Å². The van der Waals surface area contributed by atoms with Crippen molar-refractivity contribution in [3.63, 3.8) is 0 Å². The molecule has 1 fully saturated rings. The van der Waals surface area contributed by atoms with Gasteiger partial charge < -0.3 is 9.84 Å². The van der Waals surface area contributed by atoms with Crippen LogP contribution >= 0.6 is 0 Å². The van der Waals surface area contributed by atoms with E-state index in [0.29, 0.717) is 30.1 Å². The quantitative estimate of drug-likeness (QED) is 0.914. The number of carboxylic acids is 1. The summed E-state index contributed by atoms with van der Waals surface area (Å²) in [5.74, 6) is 1.01. The molecule has 0 amide bonds. The highest BCUT2D eigenvalue weighted by molar-refractivity contribution is 5.88. The van der Waals surface area contributed by atoms with Crippen LogP contribution in [0.4, 0.5) is 0 Å². The van der Waals surface area contributed by atoms with E-state index in [2.05, 4.69) is 15.1 Å². The molecule has 2 aliphatic rings. The Labute approximate surface area is 120 Å². The SMILES string of the molecule is CCOc1cnc(-n2nc(C(=O)O)c3c2[C@@H]2C[C@@H]2C3)cn1. The van der Waals surface area contributed by atoms with Crippen LogP contribution in [0, 0.1) is 5.92 Å². The highest BCUT2D eigenvalue weighted by Crippen LogP contribution is 2.57. The first kappa shape index (κ1) is 12.3. The second kappa shape index (κ2) is 4.28.